The number of ether oxygens (including phenoxy) is 2. The van der Waals surface area contributed by atoms with Crippen LogP contribution in [0.1, 0.15) is 26.2 Å². The van der Waals surface area contributed by atoms with Gasteiger partial charge in [-0.25, -0.2) is 4.39 Å². The molecule has 2 fully saturated rings. The molecule has 0 aliphatic carbocycles. The van der Waals surface area contributed by atoms with Crippen LogP contribution in [-0.4, -0.2) is 89.6 Å². The van der Waals surface area contributed by atoms with Gasteiger partial charge in [0.25, 0.3) is 0 Å². The fraction of sp³-hybridized carbons (Fsp3) is 0.708. The number of halogens is 2. The molecule has 0 aromatic heterocycles. The van der Waals surface area contributed by atoms with Gasteiger partial charge >= 0.3 is 0 Å². The maximum absolute atomic E-state index is 14.0. The zero-order chi connectivity index (χ0) is 22.4. The minimum absolute atomic E-state index is 0. The average Bonchev–Trinajstić information content (AvgIpc) is 3.33. The van der Waals surface area contributed by atoms with Crippen LogP contribution < -0.4 is 15.5 Å². The monoisotopic (exact) mass is 577 g/mol. The molecule has 0 spiro atoms. The zero-order valence-corrected chi connectivity index (χ0v) is 22.3. The quantitative estimate of drug-likeness (QED) is 0.173. The fourth-order valence-electron chi connectivity index (χ4n) is 4.09. The van der Waals surface area contributed by atoms with Crippen LogP contribution in [0.4, 0.5) is 10.1 Å². The molecule has 33 heavy (non-hydrogen) atoms. The first-order chi connectivity index (χ1) is 15.8. The van der Waals surface area contributed by atoms with Crippen molar-refractivity contribution in [3.63, 3.8) is 0 Å². The van der Waals surface area contributed by atoms with E-state index in [1.165, 1.54) is 6.07 Å². The summed E-state index contributed by atoms with van der Waals surface area (Å²) in [6.45, 7) is 12.6. The van der Waals surface area contributed by atoms with Crippen LogP contribution in [0.15, 0.2) is 29.3 Å². The number of benzene rings is 1. The standard InChI is InChI=1S/C24H40FN5O2.HI/c1-2-26-24(28-11-6-17-31-19-21-9-18-32-20-21)27-10-5-12-29-13-15-30(16-14-29)23-8-4-3-7-22(23)25;/h3-4,7-8,21H,2,5-6,9-20H2,1H3,(H2,26,27,28);1H. The van der Waals surface area contributed by atoms with Gasteiger partial charge < -0.3 is 25.0 Å². The molecule has 2 saturated heterocycles. The second-order valence-corrected chi connectivity index (χ2v) is 8.48. The Balaban J connectivity index is 0.00000385. The molecule has 0 radical (unpaired) electrons. The minimum atomic E-state index is -0.129. The summed E-state index contributed by atoms with van der Waals surface area (Å²) in [6.07, 6.45) is 3.10. The van der Waals surface area contributed by atoms with Crippen molar-refractivity contribution in [2.24, 2.45) is 10.9 Å². The summed E-state index contributed by atoms with van der Waals surface area (Å²) in [7, 11) is 0. The van der Waals surface area contributed by atoms with Gasteiger partial charge in [0.2, 0.25) is 0 Å². The van der Waals surface area contributed by atoms with Crippen molar-refractivity contribution in [2.75, 3.05) is 83.7 Å². The summed E-state index contributed by atoms with van der Waals surface area (Å²) >= 11 is 0. The van der Waals surface area contributed by atoms with E-state index in [0.717, 1.165) is 110 Å². The van der Waals surface area contributed by atoms with Crippen molar-refractivity contribution in [2.45, 2.75) is 26.2 Å². The van der Waals surface area contributed by atoms with E-state index in [2.05, 4.69) is 32.3 Å². The molecule has 7 nitrogen and oxygen atoms in total. The van der Waals surface area contributed by atoms with Crippen LogP contribution in [0, 0.1) is 11.7 Å². The third-order valence-corrected chi connectivity index (χ3v) is 5.95. The molecule has 2 heterocycles. The Morgan fingerprint density at radius 1 is 1.18 bits per heavy atom. The van der Waals surface area contributed by atoms with Crippen LogP contribution in [0.3, 0.4) is 0 Å². The molecule has 3 rings (SSSR count). The number of nitrogens with one attached hydrogen (secondary N) is 2. The second kappa shape index (κ2) is 16.5. The number of hydrogen-bond acceptors (Lipinski definition) is 5. The maximum atomic E-state index is 14.0. The van der Waals surface area contributed by atoms with Gasteiger partial charge in [-0.3, -0.25) is 9.89 Å². The average molecular weight is 578 g/mol. The van der Waals surface area contributed by atoms with Crippen molar-refractivity contribution in [1.82, 2.24) is 15.5 Å². The van der Waals surface area contributed by atoms with Gasteiger partial charge in [-0.05, 0) is 44.9 Å². The van der Waals surface area contributed by atoms with Crippen LogP contribution >= 0.6 is 24.0 Å². The summed E-state index contributed by atoms with van der Waals surface area (Å²) in [4.78, 5) is 9.25. The zero-order valence-electron chi connectivity index (χ0n) is 19.9. The maximum Gasteiger partial charge on any atom is 0.191 e. The number of piperazine rings is 1. The van der Waals surface area contributed by atoms with E-state index in [1.807, 2.05) is 12.1 Å². The number of nitrogens with zero attached hydrogens (tertiary/aromatic N) is 3. The molecule has 1 aromatic rings. The van der Waals surface area contributed by atoms with Crippen molar-refractivity contribution in [3.8, 4) is 0 Å². The first-order valence-corrected chi connectivity index (χ1v) is 12.2. The van der Waals surface area contributed by atoms with Crippen LogP contribution in [0.5, 0.6) is 0 Å². The summed E-state index contributed by atoms with van der Waals surface area (Å²) < 4.78 is 25.1. The predicted molar refractivity (Wildman–Crippen MR) is 143 cm³/mol. The lowest BCUT2D eigenvalue weighted by Gasteiger charge is -2.36. The lowest BCUT2D eigenvalue weighted by molar-refractivity contribution is 0.0893. The Kier molecular flexibility index (Phi) is 14.0. The summed E-state index contributed by atoms with van der Waals surface area (Å²) in [6, 6.07) is 7.05. The number of anilines is 1. The number of guanidine groups is 1. The van der Waals surface area contributed by atoms with Gasteiger partial charge in [0.05, 0.1) is 18.9 Å². The highest BCUT2D eigenvalue weighted by Crippen LogP contribution is 2.20. The van der Waals surface area contributed by atoms with Gasteiger partial charge in [0.1, 0.15) is 5.82 Å². The summed E-state index contributed by atoms with van der Waals surface area (Å²) in [5, 5.41) is 6.74. The van der Waals surface area contributed by atoms with E-state index in [4.69, 9.17) is 9.47 Å². The SMILES string of the molecule is CCNC(=NCCCOCC1CCOC1)NCCCN1CCN(c2ccccc2F)CC1.I. The lowest BCUT2D eigenvalue weighted by atomic mass is 10.1. The second-order valence-electron chi connectivity index (χ2n) is 8.48. The van der Waals surface area contributed by atoms with E-state index in [9.17, 15) is 4.39 Å². The topological polar surface area (TPSA) is 61.4 Å². The number of para-hydroxylation sites is 1. The van der Waals surface area contributed by atoms with E-state index >= 15 is 0 Å². The van der Waals surface area contributed by atoms with Gasteiger partial charge in [0.15, 0.2) is 5.96 Å². The third kappa shape index (κ3) is 10.3. The van der Waals surface area contributed by atoms with Crippen LogP contribution in [-0.2, 0) is 9.47 Å². The minimum Gasteiger partial charge on any atom is -0.381 e. The smallest absolute Gasteiger partial charge is 0.191 e. The lowest BCUT2D eigenvalue weighted by Crippen LogP contribution is -2.47. The van der Waals surface area contributed by atoms with E-state index in [-0.39, 0.29) is 29.8 Å². The Bertz CT molecular complexity index is 683. The third-order valence-electron chi connectivity index (χ3n) is 5.95. The van der Waals surface area contributed by atoms with Crippen LogP contribution in [0.2, 0.25) is 0 Å². The predicted octanol–water partition coefficient (Wildman–Crippen LogP) is 2.95. The highest BCUT2D eigenvalue weighted by Gasteiger charge is 2.19. The van der Waals surface area contributed by atoms with Gasteiger partial charge in [-0.15, -0.1) is 24.0 Å². The van der Waals surface area contributed by atoms with Crippen molar-refractivity contribution in [3.05, 3.63) is 30.1 Å². The molecule has 188 valence electrons. The molecule has 0 saturated carbocycles. The number of rotatable bonds is 12. The molecule has 1 unspecified atom stereocenters. The van der Waals surface area contributed by atoms with E-state index < -0.39 is 0 Å². The highest BCUT2D eigenvalue weighted by atomic mass is 127. The largest absolute Gasteiger partial charge is 0.381 e. The molecule has 2 aliphatic rings. The Hall–Kier alpha value is -1.17. The van der Waals surface area contributed by atoms with Gasteiger partial charge in [-0.2, -0.15) is 0 Å². The normalized spacial score (nSPS) is 19.4. The molecule has 2 N–H and O–H groups in total. The number of aliphatic imine (C=N–C) groups is 1. The van der Waals surface area contributed by atoms with Crippen LogP contribution in [0.25, 0.3) is 0 Å². The van der Waals surface area contributed by atoms with Gasteiger partial charge in [-0.1, -0.05) is 12.1 Å². The van der Waals surface area contributed by atoms with E-state index in [0.29, 0.717) is 5.92 Å². The molecular formula is C24H41FIN5O2. The molecule has 0 amide bonds. The first-order valence-electron chi connectivity index (χ1n) is 12.2. The molecule has 9 heteroatoms. The molecular weight excluding hydrogens is 536 g/mol. The Morgan fingerprint density at radius 2 is 2.00 bits per heavy atom. The molecule has 0 bridgehead atoms. The van der Waals surface area contributed by atoms with Crippen molar-refractivity contribution >= 4 is 35.6 Å². The molecule has 1 atom stereocenters. The van der Waals surface area contributed by atoms with Gasteiger partial charge in [0, 0.05) is 64.9 Å². The Morgan fingerprint density at radius 3 is 2.73 bits per heavy atom. The highest BCUT2D eigenvalue weighted by molar-refractivity contribution is 14.0. The molecule has 2 aliphatic heterocycles. The fourth-order valence-corrected chi connectivity index (χ4v) is 4.09. The Labute approximate surface area is 215 Å². The summed E-state index contributed by atoms with van der Waals surface area (Å²) in [5.41, 5.74) is 0.721. The molecule has 1 aromatic carbocycles. The number of hydrogen-bond donors (Lipinski definition) is 2. The van der Waals surface area contributed by atoms with Crippen molar-refractivity contribution < 1.29 is 13.9 Å². The van der Waals surface area contributed by atoms with Crippen molar-refractivity contribution in [1.29, 1.82) is 0 Å². The first kappa shape index (κ1) is 28.1. The summed E-state index contributed by atoms with van der Waals surface area (Å²) in [5.74, 6) is 1.32. The van der Waals surface area contributed by atoms with E-state index in [1.54, 1.807) is 6.07 Å².